The van der Waals surface area contributed by atoms with Gasteiger partial charge in [0.1, 0.15) is 5.82 Å². The summed E-state index contributed by atoms with van der Waals surface area (Å²) in [4.78, 5) is 29.2. The smallest absolute Gasteiger partial charge is 0.318 e. The molecule has 114 valence electrons. The van der Waals surface area contributed by atoms with E-state index in [1.807, 2.05) is 0 Å². The van der Waals surface area contributed by atoms with E-state index in [-0.39, 0.29) is 17.3 Å². The first kappa shape index (κ1) is 14.1. The topological polar surface area (TPSA) is 73.8 Å². The molecule has 0 aromatic carbocycles. The van der Waals surface area contributed by atoms with Gasteiger partial charge in [-0.15, -0.1) is 0 Å². The number of hydrogen-bond acceptors (Lipinski definition) is 4. The monoisotopic (exact) mass is 291 g/mol. The van der Waals surface area contributed by atoms with Crippen LogP contribution in [0.2, 0.25) is 0 Å². The van der Waals surface area contributed by atoms with Crippen molar-refractivity contribution in [2.45, 2.75) is 32.2 Å². The van der Waals surface area contributed by atoms with Gasteiger partial charge in [-0.25, -0.2) is 9.78 Å². The first-order chi connectivity index (χ1) is 10.1. The lowest BCUT2D eigenvalue weighted by Crippen LogP contribution is -2.38. The number of rotatable bonds is 3. The Morgan fingerprint density at radius 1 is 1.29 bits per heavy atom. The van der Waals surface area contributed by atoms with Gasteiger partial charge in [-0.2, -0.15) is 0 Å². The summed E-state index contributed by atoms with van der Waals surface area (Å²) in [6, 6.07) is 0.238. The Bertz CT molecular complexity index is 792. The van der Waals surface area contributed by atoms with Crippen LogP contribution in [0.25, 0.3) is 11.2 Å². The molecule has 7 nitrogen and oxygen atoms in total. The fraction of sp³-hybridized carbons (Fsp3) is 0.643. The van der Waals surface area contributed by atoms with E-state index >= 15 is 0 Å². The zero-order valence-electron chi connectivity index (χ0n) is 12.7. The molecule has 3 rings (SSSR count). The van der Waals surface area contributed by atoms with Crippen molar-refractivity contribution in [1.29, 1.82) is 0 Å². The maximum Gasteiger partial charge on any atom is 0.332 e. The number of imidazole rings is 1. The molecule has 1 unspecified atom stereocenters. The molecule has 21 heavy (non-hydrogen) atoms. The van der Waals surface area contributed by atoms with E-state index in [4.69, 9.17) is 0 Å². The van der Waals surface area contributed by atoms with Crippen LogP contribution in [0.4, 0.5) is 0 Å². The third-order valence-corrected chi connectivity index (χ3v) is 4.24. The van der Waals surface area contributed by atoms with Crippen LogP contribution >= 0.6 is 0 Å². The number of aryl methyl sites for hydroxylation is 2. The zero-order chi connectivity index (χ0) is 15.1. The van der Waals surface area contributed by atoms with Gasteiger partial charge in [-0.05, 0) is 19.4 Å². The van der Waals surface area contributed by atoms with Crippen LogP contribution in [-0.4, -0.2) is 31.8 Å². The standard InChI is InChI=1S/C14H21N5O2/c1-4-5-10-16-12-11(19(10)9-6-7-15-8-9)13(20)18(3)14(21)17(12)2/h9,15H,4-8H2,1-3H3. The minimum Gasteiger partial charge on any atom is -0.318 e. The third-order valence-electron chi connectivity index (χ3n) is 4.24. The Labute approximate surface area is 122 Å². The Kier molecular flexibility index (Phi) is 3.44. The summed E-state index contributed by atoms with van der Waals surface area (Å²) >= 11 is 0. The van der Waals surface area contributed by atoms with E-state index < -0.39 is 0 Å². The summed E-state index contributed by atoms with van der Waals surface area (Å²) in [6.07, 6.45) is 2.74. The van der Waals surface area contributed by atoms with Gasteiger partial charge in [0.15, 0.2) is 11.2 Å². The number of nitrogens with one attached hydrogen (secondary N) is 1. The van der Waals surface area contributed by atoms with E-state index in [0.717, 1.165) is 38.2 Å². The molecule has 0 bridgehead atoms. The van der Waals surface area contributed by atoms with Crippen LogP contribution in [0, 0.1) is 0 Å². The highest BCUT2D eigenvalue weighted by Gasteiger charge is 2.25. The lowest BCUT2D eigenvalue weighted by atomic mass is 10.2. The summed E-state index contributed by atoms with van der Waals surface area (Å²) in [6.45, 7) is 3.88. The number of fused-ring (bicyclic) bond motifs is 1. The van der Waals surface area contributed by atoms with E-state index in [1.165, 1.54) is 16.2 Å². The van der Waals surface area contributed by atoms with Crippen molar-refractivity contribution < 1.29 is 0 Å². The van der Waals surface area contributed by atoms with Gasteiger partial charge < -0.3 is 9.88 Å². The highest BCUT2D eigenvalue weighted by atomic mass is 16.2. The summed E-state index contributed by atoms with van der Waals surface area (Å²) in [7, 11) is 3.19. The predicted octanol–water partition coefficient (Wildman–Crippen LogP) is -0.0794. The molecule has 0 spiro atoms. The molecule has 0 amide bonds. The SMILES string of the molecule is CCCc1nc2c(c(=O)n(C)c(=O)n2C)n1C1CCNC1. The molecule has 1 aliphatic heterocycles. The molecule has 1 saturated heterocycles. The van der Waals surface area contributed by atoms with E-state index in [1.54, 1.807) is 7.05 Å². The van der Waals surface area contributed by atoms with Gasteiger partial charge in [0.25, 0.3) is 5.56 Å². The van der Waals surface area contributed by atoms with Gasteiger partial charge in [0.2, 0.25) is 0 Å². The fourth-order valence-electron chi connectivity index (χ4n) is 3.11. The first-order valence-electron chi connectivity index (χ1n) is 7.43. The summed E-state index contributed by atoms with van der Waals surface area (Å²) in [5.74, 6) is 0.902. The molecule has 0 saturated carbocycles. The van der Waals surface area contributed by atoms with Crippen molar-refractivity contribution in [2.75, 3.05) is 13.1 Å². The molecule has 0 aliphatic carbocycles. The first-order valence-corrected chi connectivity index (χ1v) is 7.43. The summed E-state index contributed by atoms with van der Waals surface area (Å²) in [5, 5.41) is 3.33. The number of nitrogens with zero attached hydrogens (tertiary/aromatic N) is 4. The van der Waals surface area contributed by atoms with E-state index in [9.17, 15) is 9.59 Å². The molecular weight excluding hydrogens is 270 g/mol. The van der Waals surface area contributed by atoms with Gasteiger partial charge >= 0.3 is 5.69 Å². The zero-order valence-corrected chi connectivity index (χ0v) is 12.7. The highest BCUT2D eigenvalue weighted by Crippen LogP contribution is 2.23. The van der Waals surface area contributed by atoms with Crippen molar-refractivity contribution in [1.82, 2.24) is 24.0 Å². The van der Waals surface area contributed by atoms with Crippen molar-refractivity contribution in [3.63, 3.8) is 0 Å². The van der Waals surface area contributed by atoms with Crippen molar-refractivity contribution in [2.24, 2.45) is 14.1 Å². The molecule has 7 heteroatoms. The summed E-state index contributed by atoms with van der Waals surface area (Å²) < 4.78 is 4.69. The Morgan fingerprint density at radius 2 is 2.05 bits per heavy atom. The second-order valence-corrected chi connectivity index (χ2v) is 5.67. The molecule has 1 fully saturated rings. The molecule has 1 atom stereocenters. The van der Waals surface area contributed by atoms with Crippen molar-refractivity contribution in [3.05, 3.63) is 26.7 Å². The molecule has 0 radical (unpaired) electrons. The number of aromatic nitrogens is 4. The van der Waals surface area contributed by atoms with Crippen LogP contribution < -0.4 is 16.6 Å². The van der Waals surface area contributed by atoms with Gasteiger partial charge in [0.05, 0.1) is 0 Å². The van der Waals surface area contributed by atoms with Crippen molar-refractivity contribution >= 4 is 11.2 Å². The number of hydrogen-bond donors (Lipinski definition) is 1. The molecule has 1 aliphatic rings. The molecular formula is C14H21N5O2. The van der Waals surface area contributed by atoms with Gasteiger partial charge in [-0.3, -0.25) is 13.9 Å². The average molecular weight is 291 g/mol. The summed E-state index contributed by atoms with van der Waals surface area (Å²) in [5.41, 5.74) is 0.467. The van der Waals surface area contributed by atoms with Gasteiger partial charge in [-0.1, -0.05) is 6.92 Å². The van der Waals surface area contributed by atoms with Crippen LogP contribution in [0.1, 0.15) is 31.6 Å². The van der Waals surface area contributed by atoms with Crippen LogP contribution in [0.15, 0.2) is 9.59 Å². The molecule has 3 heterocycles. The van der Waals surface area contributed by atoms with Gasteiger partial charge in [0, 0.05) is 33.1 Å². The Balaban J connectivity index is 2.39. The third kappa shape index (κ3) is 2.03. The van der Waals surface area contributed by atoms with Crippen LogP contribution in [0.5, 0.6) is 0 Å². The second kappa shape index (κ2) is 5.14. The minimum atomic E-state index is -0.329. The average Bonchev–Trinajstić information content (AvgIpc) is 3.10. The van der Waals surface area contributed by atoms with E-state index in [2.05, 4.69) is 21.8 Å². The minimum absolute atomic E-state index is 0.238. The Hall–Kier alpha value is -1.89. The largest absolute Gasteiger partial charge is 0.332 e. The normalized spacial score (nSPS) is 18.7. The predicted molar refractivity (Wildman–Crippen MR) is 80.7 cm³/mol. The quantitative estimate of drug-likeness (QED) is 0.858. The lowest BCUT2D eigenvalue weighted by molar-refractivity contribution is 0.531. The molecule has 2 aromatic rings. The molecule has 1 N–H and O–H groups in total. The van der Waals surface area contributed by atoms with E-state index in [0.29, 0.717) is 11.2 Å². The van der Waals surface area contributed by atoms with Crippen LogP contribution in [-0.2, 0) is 20.5 Å². The van der Waals surface area contributed by atoms with Crippen molar-refractivity contribution in [3.8, 4) is 0 Å². The molecule has 2 aromatic heterocycles. The van der Waals surface area contributed by atoms with Crippen LogP contribution in [0.3, 0.4) is 0 Å². The maximum absolute atomic E-state index is 12.6. The Morgan fingerprint density at radius 3 is 2.67 bits per heavy atom. The lowest BCUT2D eigenvalue weighted by Gasteiger charge is -2.15. The highest BCUT2D eigenvalue weighted by molar-refractivity contribution is 5.71. The second-order valence-electron chi connectivity index (χ2n) is 5.67. The fourth-order valence-corrected chi connectivity index (χ4v) is 3.11. The maximum atomic E-state index is 12.6.